The summed E-state index contributed by atoms with van der Waals surface area (Å²) in [5.74, 6) is 0.671. The molecule has 148 valence electrons. The largest absolute Gasteiger partial charge is 0.355 e. The molecule has 0 fully saturated rings. The lowest BCUT2D eigenvalue weighted by Crippen LogP contribution is -2.32. The maximum absolute atomic E-state index is 12.7. The second-order valence-corrected chi connectivity index (χ2v) is 7.48. The predicted octanol–water partition coefficient (Wildman–Crippen LogP) is 3.77. The van der Waals surface area contributed by atoms with Crippen LogP contribution in [0, 0.1) is 5.92 Å². The van der Waals surface area contributed by atoms with Crippen LogP contribution in [0.25, 0.3) is 11.0 Å². The van der Waals surface area contributed by atoms with Crippen molar-refractivity contribution in [1.82, 2.24) is 14.5 Å². The molecule has 28 heavy (non-hydrogen) atoms. The van der Waals surface area contributed by atoms with E-state index in [-0.39, 0.29) is 23.9 Å². The Morgan fingerprint density at radius 3 is 2.18 bits per heavy atom. The minimum Gasteiger partial charge on any atom is -0.355 e. The van der Waals surface area contributed by atoms with Crippen molar-refractivity contribution < 1.29 is 4.79 Å². The summed E-state index contributed by atoms with van der Waals surface area (Å²) in [6, 6.07) is 18.0. The third kappa shape index (κ3) is 4.19. The van der Waals surface area contributed by atoms with Crippen molar-refractivity contribution in [2.45, 2.75) is 46.2 Å². The topological polar surface area (TPSA) is 56.0 Å². The van der Waals surface area contributed by atoms with Gasteiger partial charge in [0, 0.05) is 32.0 Å². The maximum atomic E-state index is 12.7. The monoisotopic (exact) mass is 379 g/mol. The van der Waals surface area contributed by atoms with Crippen molar-refractivity contribution in [2.75, 3.05) is 6.54 Å². The van der Waals surface area contributed by atoms with Crippen LogP contribution in [0.3, 0.4) is 0 Å². The second-order valence-electron chi connectivity index (χ2n) is 7.48. The van der Waals surface area contributed by atoms with Crippen LogP contribution in [0.4, 0.5) is 0 Å². The van der Waals surface area contributed by atoms with Gasteiger partial charge >= 0.3 is 5.69 Å². The van der Waals surface area contributed by atoms with Crippen LogP contribution in [0.5, 0.6) is 0 Å². The van der Waals surface area contributed by atoms with E-state index < -0.39 is 0 Å². The number of hydrogen-bond acceptors (Lipinski definition) is 2. The molecule has 0 saturated carbocycles. The Hall–Kier alpha value is -2.82. The van der Waals surface area contributed by atoms with Gasteiger partial charge in [-0.1, -0.05) is 56.3 Å². The van der Waals surface area contributed by atoms with Crippen LogP contribution >= 0.6 is 0 Å². The lowest BCUT2D eigenvalue weighted by atomic mass is 9.88. The molecule has 1 N–H and O–H groups in total. The first kappa shape index (κ1) is 19.9. The SMILES string of the molecule is CCn1c(=O)n(CCC(=O)NCC(c2ccccc2)C(C)C)c2ccccc21. The van der Waals surface area contributed by atoms with Gasteiger partial charge in [0.2, 0.25) is 5.91 Å². The number of aromatic nitrogens is 2. The summed E-state index contributed by atoms with van der Waals surface area (Å²) in [5.41, 5.74) is 2.98. The van der Waals surface area contributed by atoms with Gasteiger partial charge in [-0.3, -0.25) is 13.9 Å². The molecule has 3 rings (SSSR count). The highest BCUT2D eigenvalue weighted by atomic mass is 16.2. The molecule has 5 nitrogen and oxygen atoms in total. The Morgan fingerprint density at radius 1 is 0.964 bits per heavy atom. The molecule has 0 aliphatic heterocycles. The van der Waals surface area contributed by atoms with Crippen LogP contribution in [-0.4, -0.2) is 21.6 Å². The summed E-state index contributed by atoms with van der Waals surface area (Å²) in [7, 11) is 0. The number of para-hydroxylation sites is 2. The van der Waals surface area contributed by atoms with Gasteiger partial charge in [0.25, 0.3) is 0 Å². The zero-order chi connectivity index (χ0) is 20.1. The van der Waals surface area contributed by atoms with Crippen molar-refractivity contribution in [2.24, 2.45) is 5.92 Å². The number of carbonyl (C=O) groups is 1. The normalized spacial score (nSPS) is 12.4. The molecule has 3 aromatic rings. The van der Waals surface area contributed by atoms with Crippen LogP contribution in [0.2, 0.25) is 0 Å². The van der Waals surface area contributed by atoms with E-state index in [0.717, 1.165) is 11.0 Å². The van der Waals surface area contributed by atoms with Crippen molar-refractivity contribution in [3.63, 3.8) is 0 Å². The fourth-order valence-corrected chi connectivity index (χ4v) is 3.76. The minimum atomic E-state index is -0.0548. The third-order valence-electron chi connectivity index (χ3n) is 5.36. The molecule has 5 heteroatoms. The average molecular weight is 380 g/mol. The second kappa shape index (κ2) is 8.91. The molecule has 0 aliphatic rings. The zero-order valence-corrected chi connectivity index (χ0v) is 16.9. The van der Waals surface area contributed by atoms with Gasteiger partial charge in [-0.15, -0.1) is 0 Å². The Bertz CT molecular complexity index is 986. The Morgan fingerprint density at radius 2 is 1.57 bits per heavy atom. The molecular formula is C23H29N3O2. The number of benzene rings is 2. The van der Waals surface area contributed by atoms with Crippen LogP contribution < -0.4 is 11.0 Å². The Balaban J connectivity index is 1.66. The first-order valence-electron chi connectivity index (χ1n) is 10.0. The van der Waals surface area contributed by atoms with Gasteiger partial charge in [-0.2, -0.15) is 0 Å². The molecule has 0 bridgehead atoms. The number of aryl methyl sites for hydroxylation is 2. The van der Waals surface area contributed by atoms with E-state index in [4.69, 9.17) is 0 Å². The molecule has 0 aliphatic carbocycles. The first-order chi connectivity index (χ1) is 13.5. The van der Waals surface area contributed by atoms with Crippen molar-refractivity contribution in [3.05, 3.63) is 70.6 Å². The smallest absolute Gasteiger partial charge is 0.329 e. The number of nitrogens with zero attached hydrogens (tertiary/aromatic N) is 2. The third-order valence-corrected chi connectivity index (χ3v) is 5.36. The number of fused-ring (bicyclic) bond motifs is 1. The highest BCUT2D eigenvalue weighted by Gasteiger charge is 2.17. The summed E-state index contributed by atoms with van der Waals surface area (Å²) in [4.78, 5) is 25.1. The van der Waals surface area contributed by atoms with Crippen LogP contribution in [-0.2, 0) is 17.9 Å². The molecule has 2 aromatic carbocycles. The summed E-state index contributed by atoms with van der Waals surface area (Å²) in [6.45, 7) is 7.90. The molecule has 0 radical (unpaired) electrons. The van der Waals surface area contributed by atoms with Gasteiger partial charge < -0.3 is 5.32 Å². The van der Waals surface area contributed by atoms with Gasteiger partial charge in [0.15, 0.2) is 0 Å². The lowest BCUT2D eigenvalue weighted by Gasteiger charge is -2.22. The number of nitrogens with one attached hydrogen (secondary N) is 1. The summed E-state index contributed by atoms with van der Waals surface area (Å²) in [6.07, 6.45) is 0.289. The van der Waals surface area contributed by atoms with Crippen molar-refractivity contribution >= 4 is 16.9 Å². The summed E-state index contributed by atoms with van der Waals surface area (Å²) in [5, 5.41) is 3.06. The fraction of sp³-hybridized carbons (Fsp3) is 0.391. The van der Waals surface area contributed by atoms with Crippen LogP contribution in [0.15, 0.2) is 59.4 Å². The molecule has 1 heterocycles. The highest BCUT2D eigenvalue weighted by molar-refractivity contribution is 5.78. The predicted molar refractivity (Wildman–Crippen MR) is 114 cm³/mol. The minimum absolute atomic E-state index is 0.0261. The van der Waals surface area contributed by atoms with E-state index in [1.165, 1.54) is 5.56 Å². The van der Waals surface area contributed by atoms with Gasteiger partial charge in [-0.05, 0) is 30.5 Å². The lowest BCUT2D eigenvalue weighted by molar-refractivity contribution is -0.121. The quantitative estimate of drug-likeness (QED) is 0.648. The Kier molecular flexibility index (Phi) is 6.34. The van der Waals surface area contributed by atoms with Gasteiger partial charge in [0.1, 0.15) is 0 Å². The van der Waals surface area contributed by atoms with Crippen molar-refractivity contribution in [3.8, 4) is 0 Å². The van der Waals surface area contributed by atoms with E-state index in [1.54, 1.807) is 9.13 Å². The molecular weight excluding hydrogens is 350 g/mol. The van der Waals surface area contributed by atoms with E-state index >= 15 is 0 Å². The number of amides is 1. The summed E-state index contributed by atoms with van der Waals surface area (Å²) >= 11 is 0. The Labute approximate surface area is 166 Å². The number of rotatable bonds is 8. The molecule has 1 unspecified atom stereocenters. The number of carbonyl (C=O) groups excluding carboxylic acids is 1. The van der Waals surface area contributed by atoms with Gasteiger partial charge in [0.05, 0.1) is 11.0 Å². The first-order valence-corrected chi connectivity index (χ1v) is 10.0. The molecule has 1 amide bonds. The zero-order valence-electron chi connectivity index (χ0n) is 16.9. The van der Waals surface area contributed by atoms with Gasteiger partial charge in [-0.25, -0.2) is 4.79 Å². The average Bonchev–Trinajstić information content (AvgIpc) is 2.97. The summed E-state index contributed by atoms with van der Waals surface area (Å²) < 4.78 is 3.45. The molecule has 0 saturated heterocycles. The number of hydrogen-bond donors (Lipinski definition) is 1. The van der Waals surface area contributed by atoms with Crippen molar-refractivity contribution in [1.29, 1.82) is 0 Å². The highest BCUT2D eigenvalue weighted by Crippen LogP contribution is 2.23. The van der Waals surface area contributed by atoms with E-state index in [0.29, 0.717) is 25.6 Å². The number of imidazole rings is 1. The molecule has 1 atom stereocenters. The van der Waals surface area contributed by atoms with Crippen LogP contribution in [0.1, 0.15) is 38.7 Å². The standard InChI is InChI=1S/C23H29N3O2/c1-4-25-20-12-8-9-13-21(20)26(23(25)28)15-14-22(27)24-16-19(17(2)3)18-10-6-5-7-11-18/h5-13,17,19H,4,14-16H2,1-3H3,(H,24,27). The molecule has 1 aromatic heterocycles. The van der Waals surface area contributed by atoms with E-state index in [1.807, 2.05) is 49.4 Å². The maximum Gasteiger partial charge on any atom is 0.329 e. The fourth-order valence-electron chi connectivity index (χ4n) is 3.76. The van der Waals surface area contributed by atoms with E-state index in [9.17, 15) is 9.59 Å². The molecule has 0 spiro atoms. The van der Waals surface area contributed by atoms with E-state index in [2.05, 4.69) is 31.3 Å².